The van der Waals surface area contributed by atoms with Gasteiger partial charge < -0.3 is 9.84 Å². The van der Waals surface area contributed by atoms with Gasteiger partial charge in [0.05, 0.1) is 6.61 Å². The summed E-state index contributed by atoms with van der Waals surface area (Å²) in [5, 5.41) is 9.04. The lowest BCUT2D eigenvalue weighted by Crippen LogP contribution is -2.31. The number of hydrogen-bond donors (Lipinski definition) is 1. The lowest BCUT2D eigenvalue weighted by Gasteiger charge is -2.17. The van der Waals surface area contributed by atoms with Crippen molar-refractivity contribution in [3.8, 4) is 0 Å². The number of hydrogen-bond acceptors (Lipinski definition) is 3. The molecule has 0 aromatic carbocycles. The van der Waals surface area contributed by atoms with Gasteiger partial charge in [-0.05, 0) is 6.42 Å². The summed E-state index contributed by atoms with van der Waals surface area (Å²) >= 11 is 0. The predicted octanol–water partition coefficient (Wildman–Crippen LogP) is 0.966. The van der Waals surface area contributed by atoms with Crippen molar-refractivity contribution in [1.82, 2.24) is 0 Å². The normalized spacial score (nSPS) is 29.9. The summed E-state index contributed by atoms with van der Waals surface area (Å²) in [7, 11) is 0. The lowest BCUT2D eigenvalue weighted by atomic mass is 10.0. The number of ether oxygens (including phenoxy) is 1. The van der Waals surface area contributed by atoms with Crippen LogP contribution in [0.4, 0.5) is 0 Å². The molecule has 0 aromatic rings. The van der Waals surface area contributed by atoms with Crippen molar-refractivity contribution in [3.63, 3.8) is 0 Å². The molecule has 64 valence electrons. The molecule has 0 fully saturated rings. The zero-order valence-electron chi connectivity index (χ0n) is 7.13. The highest BCUT2D eigenvalue weighted by Gasteiger charge is 2.33. The lowest BCUT2D eigenvalue weighted by molar-refractivity contribution is 0.153. The Balaban J connectivity index is 2.67. The minimum absolute atomic E-state index is 0.0903. The maximum Gasteiger partial charge on any atom is 0.183 e. The highest BCUT2D eigenvalue weighted by atomic mass is 16.5. The van der Waals surface area contributed by atoms with Crippen molar-refractivity contribution in [2.24, 2.45) is 4.99 Å². The highest BCUT2D eigenvalue weighted by molar-refractivity contribution is 5.77. The predicted molar refractivity (Wildman–Crippen MR) is 43.8 cm³/mol. The first-order valence-corrected chi connectivity index (χ1v) is 4.08. The first-order chi connectivity index (χ1) is 5.26. The van der Waals surface area contributed by atoms with Crippen LogP contribution in [0.3, 0.4) is 0 Å². The Morgan fingerprint density at radius 3 is 2.64 bits per heavy atom. The van der Waals surface area contributed by atoms with Crippen molar-refractivity contribution < 1.29 is 9.84 Å². The van der Waals surface area contributed by atoms with E-state index in [1.807, 2.05) is 13.8 Å². The number of aliphatic imine (C=N–C) groups is 1. The summed E-state index contributed by atoms with van der Waals surface area (Å²) in [4.78, 5) is 4.32. The van der Waals surface area contributed by atoms with E-state index in [2.05, 4.69) is 4.99 Å². The van der Waals surface area contributed by atoms with Crippen LogP contribution in [0.2, 0.25) is 0 Å². The second-order valence-electron chi connectivity index (χ2n) is 2.88. The molecule has 1 aliphatic rings. The van der Waals surface area contributed by atoms with E-state index in [0.29, 0.717) is 6.61 Å². The Labute approximate surface area is 67.1 Å². The summed E-state index contributed by atoms with van der Waals surface area (Å²) in [5.74, 6) is 0.779. The number of rotatable bonds is 3. The molecule has 1 N–H and O–H groups in total. The van der Waals surface area contributed by atoms with Crippen molar-refractivity contribution in [2.75, 3.05) is 13.2 Å². The van der Waals surface area contributed by atoms with E-state index in [4.69, 9.17) is 9.84 Å². The average Bonchev–Trinajstić information content (AvgIpc) is 2.49. The van der Waals surface area contributed by atoms with Crippen molar-refractivity contribution in [1.29, 1.82) is 0 Å². The van der Waals surface area contributed by atoms with Crippen LogP contribution in [0, 0.1) is 0 Å². The molecule has 3 heteroatoms. The zero-order valence-corrected chi connectivity index (χ0v) is 7.13. The molecule has 1 rings (SSSR count). The third-order valence-electron chi connectivity index (χ3n) is 2.12. The van der Waals surface area contributed by atoms with Crippen LogP contribution in [-0.2, 0) is 4.74 Å². The molecule has 0 bridgehead atoms. The van der Waals surface area contributed by atoms with E-state index in [-0.39, 0.29) is 12.1 Å². The molecule has 0 spiro atoms. The van der Waals surface area contributed by atoms with E-state index in [1.165, 1.54) is 0 Å². The molecule has 1 aliphatic heterocycles. The minimum Gasteiger partial charge on any atom is -0.478 e. The molecule has 1 heterocycles. The first-order valence-electron chi connectivity index (χ1n) is 4.08. The van der Waals surface area contributed by atoms with Crippen molar-refractivity contribution >= 4 is 5.90 Å². The second-order valence-corrected chi connectivity index (χ2v) is 2.88. The number of nitrogens with zero attached hydrogens (tertiary/aromatic N) is 1. The highest BCUT2D eigenvalue weighted by Crippen LogP contribution is 2.22. The van der Waals surface area contributed by atoms with Crippen LogP contribution >= 0.6 is 0 Å². The van der Waals surface area contributed by atoms with Crippen LogP contribution in [-0.4, -0.2) is 29.8 Å². The summed E-state index contributed by atoms with van der Waals surface area (Å²) in [6.45, 7) is 4.65. The average molecular weight is 157 g/mol. The molecular formula is C8H15NO2. The fourth-order valence-corrected chi connectivity index (χ4v) is 1.10. The van der Waals surface area contributed by atoms with Crippen LogP contribution in [0.5, 0.6) is 0 Å². The van der Waals surface area contributed by atoms with Gasteiger partial charge in [0, 0.05) is 6.42 Å². The Morgan fingerprint density at radius 1 is 1.64 bits per heavy atom. The fraction of sp³-hybridized carbons (Fsp3) is 0.875. The topological polar surface area (TPSA) is 41.8 Å². The maximum absolute atomic E-state index is 9.04. The van der Waals surface area contributed by atoms with Gasteiger partial charge in [0.1, 0.15) is 12.1 Å². The Hall–Kier alpha value is -0.570. The van der Waals surface area contributed by atoms with Gasteiger partial charge in [-0.2, -0.15) is 0 Å². The van der Waals surface area contributed by atoms with Gasteiger partial charge in [-0.25, -0.2) is 4.99 Å². The van der Waals surface area contributed by atoms with Crippen LogP contribution in [0.1, 0.15) is 26.7 Å². The van der Waals surface area contributed by atoms with Gasteiger partial charge in [-0.1, -0.05) is 13.8 Å². The smallest absolute Gasteiger partial charge is 0.183 e. The van der Waals surface area contributed by atoms with Crippen molar-refractivity contribution in [2.45, 2.75) is 32.2 Å². The summed E-state index contributed by atoms with van der Waals surface area (Å²) in [5.41, 5.74) is -0.328. The summed E-state index contributed by atoms with van der Waals surface area (Å²) in [6, 6.07) is 0. The molecule has 0 saturated carbocycles. The molecular weight excluding hydrogens is 142 g/mol. The Bertz CT molecular complexity index is 161. The molecule has 1 unspecified atom stereocenters. The number of aliphatic hydroxyl groups excluding tert-OH is 1. The van der Waals surface area contributed by atoms with E-state index in [9.17, 15) is 0 Å². The van der Waals surface area contributed by atoms with Gasteiger partial charge in [0.2, 0.25) is 0 Å². The number of aliphatic hydroxyl groups is 1. The Morgan fingerprint density at radius 2 is 2.36 bits per heavy atom. The van der Waals surface area contributed by atoms with Gasteiger partial charge in [-0.3, -0.25) is 0 Å². The standard InChI is InChI=1S/C8H15NO2/c1-3-7-9-8(4-2,5-10)6-11-7/h10H,3-6H2,1-2H3. The molecule has 0 amide bonds. The van der Waals surface area contributed by atoms with Crippen molar-refractivity contribution in [3.05, 3.63) is 0 Å². The summed E-state index contributed by atoms with van der Waals surface area (Å²) < 4.78 is 5.29. The SMILES string of the molecule is CCC1=NC(CC)(CO)CO1. The molecule has 11 heavy (non-hydrogen) atoms. The van der Waals surface area contributed by atoms with Crippen LogP contribution < -0.4 is 0 Å². The maximum atomic E-state index is 9.04. The van der Waals surface area contributed by atoms with Gasteiger partial charge in [-0.15, -0.1) is 0 Å². The third-order valence-corrected chi connectivity index (χ3v) is 2.12. The van der Waals surface area contributed by atoms with E-state index < -0.39 is 0 Å². The third kappa shape index (κ3) is 1.53. The van der Waals surface area contributed by atoms with E-state index in [1.54, 1.807) is 0 Å². The molecule has 0 saturated heterocycles. The molecule has 0 aromatic heterocycles. The Kier molecular flexibility index (Phi) is 2.49. The fourth-order valence-electron chi connectivity index (χ4n) is 1.10. The zero-order chi connectivity index (χ0) is 8.32. The van der Waals surface area contributed by atoms with E-state index >= 15 is 0 Å². The molecule has 0 radical (unpaired) electrons. The summed E-state index contributed by atoms with van der Waals surface area (Å²) in [6.07, 6.45) is 1.66. The van der Waals surface area contributed by atoms with Crippen LogP contribution in [0.25, 0.3) is 0 Å². The molecule has 1 atom stereocenters. The largest absolute Gasteiger partial charge is 0.478 e. The quantitative estimate of drug-likeness (QED) is 0.663. The minimum atomic E-state index is -0.328. The monoisotopic (exact) mass is 157 g/mol. The van der Waals surface area contributed by atoms with Gasteiger partial charge >= 0.3 is 0 Å². The van der Waals surface area contributed by atoms with E-state index in [0.717, 1.165) is 18.7 Å². The van der Waals surface area contributed by atoms with Gasteiger partial charge in [0.15, 0.2) is 5.90 Å². The van der Waals surface area contributed by atoms with Crippen LogP contribution in [0.15, 0.2) is 4.99 Å². The second kappa shape index (κ2) is 3.22. The molecule has 0 aliphatic carbocycles. The van der Waals surface area contributed by atoms with Gasteiger partial charge in [0.25, 0.3) is 0 Å². The molecule has 3 nitrogen and oxygen atoms in total. The first kappa shape index (κ1) is 8.53.